The minimum atomic E-state index is -4.18. The number of benzene rings is 1. The molecule has 0 amide bonds. The number of nitrogens with zero attached hydrogens (tertiary/aromatic N) is 1. The van der Waals surface area contributed by atoms with E-state index in [1.54, 1.807) is 0 Å². The lowest BCUT2D eigenvalue weighted by Gasteiger charge is -2.16. The number of rotatable bonds is 3. The molecule has 1 fully saturated rings. The van der Waals surface area contributed by atoms with Crippen LogP contribution in [0.1, 0.15) is 6.42 Å². The van der Waals surface area contributed by atoms with Gasteiger partial charge >= 0.3 is 0 Å². The van der Waals surface area contributed by atoms with Gasteiger partial charge in [-0.1, -0.05) is 0 Å². The van der Waals surface area contributed by atoms with Gasteiger partial charge in [0.1, 0.15) is 10.7 Å². The van der Waals surface area contributed by atoms with Gasteiger partial charge in [-0.2, -0.15) is 4.31 Å². The lowest BCUT2D eigenvalue weighted by molar-refractivity contribution is 0.115. The largest absolute Gasteiger partial charge is 0.380 e. The van der Waals surface area contributed by atoms with Crippen LogP contribution in [0.15, 0.2) is 17.0 Å². The zero-order valence-corrected chi connectivity index (χ0v) is 10.9. The van der Waals surface area contributed by atoms with Crippen molar-refractivity contribution in [1.82, 2.24) is 4.31 Å². The third-order valence-corrected chi connectivity index (χ3v) is 4.91. The molecule has 8 heteroatoms. The van der Waals surface area contributed by atoms with Crippen LogP contribution in [-0.2, 0) is 14.8 Å². The first kappa shape index (κ1) is 14.3. The van der Waals surface area contributed by atoms with E-state index in [-0.39, 0.29) is 25.3 Å². The summed E-state index contributed by atoms with van der Waals surface area (Å²) in [5, 5.41) is 0. The Morgan fingerprint density at radius 2 is 1.84 bits per heavy atom. The minimum absolute atomic E-state index is 0.0667. The summed E-state index contributed by atoms with van der Waals surface area (Å²) < 4.78 is 69.6. The van der Waals surface area contributed by atoms with Crippen LogP contribution in [0.4, 0.5) is 13.2 Å². The number of sulfonamides is 1. The molecule has 2 rings (SSSR count). The van der Waals surface area contributed by atoms with Crippen molar-refractivity contribution in [2.45, 2.75) is 17.4 Å². The van der Waals surface area contributed by atoms with E-state index in [0.717, 1.165) is 4.31 Å². The van der Waals surface area contributed by atoms with E-state index >= 15 is 0 Å². The van der Waals surface area contributed by atoms with E-state index in [4.69, 9.17) is 4.74 Å². The van der Waals surface area contributed by atoms with E-state index in [1.807, 2.05) is 0 Å². The van der Waals surface area contributed by atoms with Crippen molar-refractivity contribution in [1.29, 1.82) is 0 Å². The molecule has 0 aromatic heterocycles. The summed E-state index contributed by atoms with van der Waals surface area (Å²) in [5.74, 6) is -4.13. The highest BCUT2D eigenvalue weighted by Gasteiger charge is 2.34. The van der Waals surface area contributed by atoms with Crippen LogP contribution in [0.3, 0.4) is 0 Å². The first-order chi connectivity index (χ1) is 8.86. The van der Waals surface area contributed by atoms with Crippen LogP contribution in [0.5, 0.6) is 0 Å². The molecule has 1 heterocycles. The molecule has 1 aromatic carbocycles. The summed E-state index contributed by atoms with van der Waals surface area (Å²) in [6, 6.07) is 0.590. The third-order valence-electron chi connectivity index (χ3n) is 3.03. The lowest BCUT2D eigenvalue weighted by Crippen LogP contribution is -2.30. The van der Waals surface area contributed by atoms with Crippen LogP contribution in [0.25, 0.3) is 0 Å². The van der Waals surface area contributed by atoms with Crippen molar-refractivity contribution in [3.8, 4) is 0 Å². The molecule has 1 aliphatic rings. The van der Waals surface area contributed by atoms with Crippen molar-refractivity contribution in [3.63, 3.8) is 0 Å². The van der Waals surface area contributed by atoms with Gasteiger partial charge in [0.2, 0.25) is 10.0 Å². The Morgan fingerprint density at radius 1 is 1.21 bits per heavy atom. The fraction of sp³-hybridized carbons (Fsp3) is 0.455. The van der Waals surface area contributed by atoms with E-state index < -0.39 is 32.4 Å². The van der Waals surface area contributed by atoms with E-state index in [9.17, 15) is 21.6 Å². The molecule has 1 saturated heterocycles. The van der Waals surface area contributed by atoms with Crippen LogP contribution in [0, 0.1) is 17.5 Å². The molecular weight excluding hydrogens is 283 g/mol. The fourth-order valence-electron chi connectivity index (χ4n) is 1.95. The van der Waals surface area contributed by atoms with Gasteiger partial charge in [0, 0.05) is 26.3 Å². The van der Waals surface area contributed by atoms with Crippen LogP contribution < -0.4 is 0 Å². The molecule has 1 atom stereocenters. The second kappa shape index (κ2) is 5.10. The lowest BCUT2D eigenvalue weighted by atomic mass is 10.3. The summed E-state index contributed by atoms with van der Waals surface area (Å²) in [7, 11) is -2.74. The van der Waals surface area contributed by atoms with Crippen LogP contribution >= 0.6 is 0 Å². The highest BCUT2D eigenvalue weighted by molar-refractivity contribution is 7.89. The quantitative estimate of drug-likeness (QED) is 0.794. The van der Waals surface area contributed by atoms with Gasteiger partial charge in [-0.15, -0.1) is 0 Å². The van der Waals surface area contributed by atoms with E-state index in [1.165, 1.54) is 7.11 Å². The SMILES string of the molecule is COC1CCN(S(=O)(=O)c2cc(F)c(F)cc2F)C1. The van der Waals surface area contributed by atoms with Gasteiger partial charge in [0.15, 0.2) is 11.6 Å². The van der Waals surface area contributed by atoms with Gasteiger partial charge in [-0.25, -0.2) is 21.6 Å². The Bertz CT molecular complexity index is 591. The highest BCUT2D eigenvalue weighted by atomic mass is 32.2. The van der Waals surface area contributed by atoms with E-state index in [0.29, 0.717) is 12.5 Å². The average Bonchev–Trinajstić information content (AvgIpc) is 2.83. The Morgan fingerprint density at radius 3 is 2.42 bits per heavy atom. The molecule has 106 valence electrons. The van der Waals surface area contributed by atoms with Crippen molar-refractivity contribution < 1.29 is 26.3 Å². The molecule has 0 bridgehead atoms. The smallest absolute Gasteiger partial charge is 0.246 e. The molecule has 0 N–H and O–H groups in total. The molecule has 1 unspecified atom stereocenters. The second-order valence-corrected chi connectivity index (χ2v) is 6.11. The maximum Gasteiger partial charge on any atom is 0.246 e. The Labute approximate surface area is 108 Å². The molecule has 0 spiro atoms. The Hall–Kier alpha value is -1.12. The Kier molecular flexibility index (Phi) is 3.84. The predicted octanol–water partition coefficient (Wildman–Crippen LogP) is 1.51. The fourth-order valence-corrected chi connectivity index (χ4v) is 3.49. The number of hydrogen-bond acceptors (Lipinski definition) is 3. The molecular formula is C11H12F3NO3S. The molecule has 1 aromatic rings. The summed E-state index contributed by atoms with van der Waals surface area (Å²) in [6.45, 7) is 0.219. The van der Waals surface area contributed by atoms with Crippen molar-refractivity contribution in [3.05, 3.63) is 29.6 Å². The molecule has 1 aliphatic heterocycles. The molecule has 0 saturated carbocycles. The van der Waals surface area contributed by atoms with Gasteiger partial charge in [-0.3, -0.25) is 0 Å². The molecule has 19 heavy (non-hydrogen) atoms. The third kappa shape index (κ3) is 2.60. The van der Waals surface area contributed by atoms with Gasteiger partial charge < -0.3 is 4.74 Å². The first-order valence-electron chi connectivity index (χ1n) is 5.53. The number of methoxy groups -OCH3 is 1. The predicted molar refractivity (Wildman–Crippen MR) is 60.5 cm³/mol. The summed E-state index contributed by atoms with van der Waals surface area (Å²) >= 11 is 0. The van der Waals surface area contributed by atoms with Crippen LogP contribution in [-0.4, -0.2) is 39.0 Å². The number of hydrogen-bond donors (Lipinski definition) is 0. The van der Waals surface area contributed by atoms with Crippen molar-refractivity contribution in [2.75, 3.05) is 20.2 Å². The summed E-state index contributed by atoms with van der Waals surface area (Å²) in [6.07, 6.45) is 0.198. The van der Waals surface area contributed by atoms with Gasteiger partial charge in [0.05, 0.1) is 6.10 Å². The van der Waals surface area contributed by atoms with E-state index in [2.05, 4.69) is 0 Å². The monoisotopic (exact) mass is 295 g/mol. The van der Waals surface area contributed by atoms with Gasteiger partial charge in [0.25, 0.3) is 0 Å². The van der Waals surface area contributed by atoms with Crippen molar-refractivity contribution >= 4 is 10.0 Å². The maximum absolute atomic E-state index is 13.5. The molecule has 0 aliphatic carbocycles. The number of ether oxygens (including phenoxy) is 1. The zero-order chi connectivity index (χ0) is 14.2. The normalized spacial score (nSPS) is 20.9. The topological polar surface area (TPSA) is 46.6 Å². The highest BCUT2D eigenvalue weighted by Crippen LogP contribution is 2.25. The summed E-state index contributed by atoms with van der Waals surface area (Å²) in [5.41, 5.74) is 0. The standard InChI is InChI=1S/C11H12F3NO3S/c1-18-7-2-3-15(6-7)19(16,17)11-5-9(13)8(12)4-10(11)14/h4-5,7H,2-3,6H2,1H3. The van der Waals surface area contributed by atoms with Gasteiger partial charge in [-0.05, 0) is 12.5 Å². The second-order valence-electron chi connectivity index (χ2n) is 4.21. The number of halogens is 3. The van der Waals surface area contributed by atoms with Crippen LogP contribution in [0.2, 0.25) is 0 Å². The average molecular weight is 295 g/mol. The summed E-state index contributed by atoms with van der Waals surface area (Å²) in [4.78, 5) is -0.858. The van der Waals surface area contributed by atoms with Crippen molar-refractivity contribution in [2.24, 2.45) is 0 Å². The molecule has 4 nitrogen and oxygen atoms in total. The maximum atomic E-state index is 13.5. The zero-order valence-electron chi connectivity index (χ0n) is 10.1. The first-order valence-corrected chi connectivity index (χ1v) is 6.97. The minimum Gasteiger partial charge on any atom is -0.380 e. The Balaban J connectivity index is 2.38. The molecule has 0 radical (unpaired) electrons.